The first-order valence-corrected chi connectivity index (χ1v) is 5.77. The van der Waals surface area contributed by atoms with Crippen molar-refractivity contribution in [3.05, 3.63) is 0 Å². The molecule has 2 aliphatic rings. The van der Waals surface area contributed by atoms with E-state index in [1.807, 2.05) is 7.05 Å². The molecule has 0 aromatic rings. The first-order valence-electron chi connectivity index (χ1n) is 5.77. The smallest absolute Gasteiger partial charge is 0.0130 e. The summed E-state index contributed by atoms with van der Waals surface area (Å²) in [7, 11) is 1.99. The second-order valence-electron chi connectivity index (χ2n) is 3.77. The molecule has 0 saturated carbocycles. The fourth-order valence-corrected chi connectivity index (χ4v) is 1.72. The third kappa shape index (κ3) is 5.54. The molecule has 3 N–H and O–H groups in total. The van der Waals surface area contributed by atoms with Gasteiger partial charge in [-0.25, -0.2) is 5.01 Å². The Hall–Kier alpha value is -0.160. The molecule has 84 valence electrons. The number of piperazine rings is 1. The lowest BCUT2D eigenvalue weighted by atomic mass is 10.2. The van der Waals surface area contributed by atoms with Crippen molar-refractivity contribution < 1.29 is 0 Å². The molecule has 0 aromatic heterocycles. The number of hydrazine groups is 1. The minimum Gasteiger partial charge on any atom is -0.314 e. The molecular formula is C10H24N4. The Morgan fingerprint density at radius 3 is 1.64 bits per heavy atom. The van der Waals surface area contributed by atoms with E-state index in [0.717, 1.165) is 26.2 Å². The van der Waals surface area contributed by atoms with Crippen molar-refractivity contribution in [2.45, 2.75) is 19.3 Å². The summed E-state index contributed by atoms with van der Waals surface area (Å²) in [6.07, 6.45) is 4.14. The Kier molecular flexibility index (Phi) is 6.95. The van der Waals surface area contributed by atoms with E-state index in [1.165, 1.54) is 32.4 Å². The van der Waals surface area contributed by atoms with Crippen LogP contribution in [0.5, 0.6) is 0 Å². The standard InChI is InChI=1S/C6H14N2.C4H10N2/c1-7-8-5-3-2-4-6-8;1-2-6-4-3-5-1/h7H,2-6H2,1H3;5-6H,1-4H2. The van der Waals surface area contributed by atoms with Crippen LogP contribution in [0.4, 0.5) is 0 Å². The second kappa shape index (κ2) is 8.17. The van der Waals surface area contributed by atoms with Crippen LogP contribution in [-0.2, 0) is 0 Å². The summed E-state index contributed by atoms with van der Waals surface area (Å²) >= 11 is 0. The molecule has 0 aliphatic carbocycles. The number of nitrogens with zero attached hydrogens (tertiary/aromatic N) is 1. The van der Waals surface area contributed by atoms with Gasteiger partial charge < -0.3 is 10.6 Å². The van der Waals surface area contributed by atoms with Crippen LogP contribution in [-0.4, -0.2) is 51.3 Å². The van der Waals surface area contributed by atoms with Gasteiger partial charge in [-0.2, -0.15) is 0 Å². The molecule has 4 nitrogen and oxygen atoms in total. The number of rotatable bonds is 1. The van der Waals surface area contributed by atoms with E-state index in [9.17, 15) is 0 Å². The first kappa shape index (κ1) is 11.9. The van der Waals surface area contributed by atoms with E-state index in [0.29, 0.717) is 0 Å². The van der Waals surface area contributed by atoms with E-state index < -0.39 is 0 Å². The normalized spacial score (nSPS) is 23.8. The molecule has 2 saturated heterocycles. The molecule has 0 atom stereocenters. The van der Waals surface area contributed by atoms with Crippen LogP contribution in [0.15, 0.2) is 0 Å². The third-order valence-electron chi connectivity index (χ3n) is 2.63. The molecule has 4 heteroatoms. The number of hydrogen-bond donors (Lipinski definition) is 3. The SMILES string of the molecule is C1CNCCN1.CNN1CCCCC1. The van der Waals surface area contributed by atoms with E-state index in [1.54, 1.807) is 0 Å². The van der Waals surface area contributed by atoms with Crippen molar-refractivity contribution in [2.24, 2.45) is 0 Å². The second-order valence-corrected chi connectivity index (χ2v) is 3.77. The quantitative estimate of drug-likeness (QED) is 0.547. The lowest BCUT2D eigenvalue weighted by molar-refractivity contribution is 0.171. The first-order chi connectivity index (χ1) is 6.93. The van der Waals surface area contributed by atoms with E-state index in [4.69, 9.17) is 0 Å². The average molecular weight is 200 g/mol. The van der Waals surface area contributed by atoms with Crippen LogP contribution >= 0.6 is 0 Å². The van der Waals surface area contributed by atoms with Gasteiger partial charge in [-0.15, -0.1) is 0 Å². The van der Waals surface area contributed by atoms with Gasteiger partial charge in [0.1, 0.15) is 0 Å². The maximum Gasteiger partial charge on any atom is 0.0130 e. The predicted octanol–water partition coefficient (Wildman–Crippen LogP) is -0.214. The van der Waals surface area contributed by atoms with Gasteiger partial charge >= 0.3 is 0 Å². The lowest BCUT2D eigenvalue weighted by Gasteiger charge is -2.24. The van der Waals surface area contributed by atoms with Gasteiger partial charge in [0.25, 0.3) is 0 Å². The number of piperidine rings is 1. The fourth-order valence-electron chi connectivity index (χ4n) is 1.72. The molecule has 0 unspecified atom stereocenters. The van der Waals surface area contributed by atoms with Gasteiger partial charge in [0.05, 0.1) is 0 Å². The molecule has 2 rings (SSSR count). The molecule has 14 heavy (non-hydrogen) atoms. The molecule has 0 bridgehead atoms. The lowest BCUT2D eigenvalue weighted by Crippen LogP contribution is -2.39. The van der Waals surface area contributed by atoms with Crippen molar-refractivity contribution in [3.8, 4) is 0 Å². The Bertz CT molecular complexity index is 108. The minimum atomic E-state index is 1.14. The predicted molar refractivity (Wildman–Crippen MR) is 60.2 cm³/mol. The zero-order chi connectivity index (χ0) is 10.1. The van der Waals surface area contributed by atoms with Gasteiger partial charge in [-0.3, -0.25) is 5.43 Å². The topological polar surface area (TPSA) is 39.3 Å². The summed E-state index contributed by atoms with van der Waals surface area (Å²) in [6, 6.07) is 0. The zero-order valence-corrected chi connectivity index (χ0v) is 9.31. The Balaban J connectivity index is 0.000000146. The number of hydrogen-bond acceptors (Lipinski definition) is 4. The van der Waals surface area contributed by atoms with Crippen molar-refractivity contribution in [2.75, 3.05) is 46.3 Å². The van der Waals surface area contributed by atoms with Crippen molar-refractivity contribution in [1.29, 1.82) is 0 Å². The van der Waals surface area contributed by atoms with Crippen LogP contribution in [0, 0.1) is 0 Å². The zero-order valence-electron chi connectivity index (χ0n) is 9.31. The van der Waals surface area contributed by atoms with E-state index in [-0.39, 0.29) is 0 Å². The highest BCUT2D eigenvalue weighted by Gasteiger charge is 2.05. The van der Waals surface area contributed by atoms with Crippen molar-refractivity contribution in [3.63, 3.8) is 0 Å². The van der Waals surface area contributed by atoms with Crippen LogP contribution in [0.1, 0.15) is 19.3 Å². The molecule has 0 aromatic carbocycles. The summed E-state index contributed by atoms with van der Waals surface area (Å²) in [5, 5.41) is 8.71. The van der Waals surface area contributed by atoms with Crippen LogP contribution in [0.25, 0.3) is 0 Å². The highest BCUT2D eigenvalue weighted by atomic mass is 15.5. The van der Waals surface area contributed by atoms with E-state index in [2.05, 4.69) is 21.1 Å². The Morgan fingerprint density at radius 2 is 1.36 bits per heavy atom. The monoisotopic (exact) mass is 200 g/mol. The summed E-state index contributed by atoms with van der Waals surface area (Å²) in [6.45, 7) is 7.02. The summed E-state index contributed by atoms with van der Waals surface area (Å²) in [4.78, 5) is 0. The minimum absolute atomic E-state index is 1.14. The highest BCUT2D eigenvalue weighted by Crippen LogP contribution is 2.04. The van der Waals surface area contributed by atoms with Crippen LogP contribution in [0.2, 0.25) is 0 Å². The molecule has 0 amide bonds. The number of nitrogens with one attached hydrogen (secondary N) is 3. The largest absolute Gasteiger partial charge is 0.314 e. The maximum atomic E-state index is 3.22. The maximum absolute atomic E-state index is 3.22. The van der Waals surface area contributed by atoms with Gasteiger partial charge in [-0.1, -0.05) is 6.42 Å². The average Bonchev–Trinajstić information content (AvgIpc) is 2.33. The summed E-state index contributed by atoms with van der Waals surface area (Å²) in [5.74, 6) is 0. The summed E-state index contributed by atoms with van der Waals surface area (Å²) in [5.41, 5.74) is 3.14. The van der Waals surface area contributed by atoms with Gasteiger partial charge in [0.2, 0.25) is 0 Å². The molecule has 2 aliphatic heterocycles. The molecule has 2 fully saturated rings. The van der Waals surface area contributed by atoms with Crippen molar-refractivity contribution in [1.82, 2.24) is 21.1 Å². The molecule has 0 spiro atoms. The Morgan fingerprint density at radius 1 is 0.857 bits per heavy atom. The molecular weight excluding hydrogens is 176 g/mol. The molecule has 2 heterocycles. The molecule has 0 radical (unpaired) electrons. The van der Waals surface area contributed by atoms with Crippen LogP contribution < -0.4 is 16.1 Å². The van der Waals surface area contributed by atoms with E-state index >= 15 is 0 Å². The van der Waals surface area contributed by atoms with Gasteiger partial charge in [-0.05, 0) is 19.9 Å². The summed E-state index contributed by atoms with van der Waals surface area (Å²) < 4.78 is 0. The van der Waals surface area contributed by atoms with Gasteiger partial charge in [0.15, 0.2) is 0 Å². The Labute approximate surface area is 87.4 Å². The van der Waals surface area contributed by atoms with Crippen LogP contribution in [0.3, 0.4) is 0 Å². The van der Waals surface area contributed by atoms with Gasteiger partial charge in [0, 0.05) is 39.3 Å². The highest BCUT2D eigenvalue weighted by molar-refractivity contribution is 4.59. The fraction of sp³-hybridized carbons (Fsp3) is 1.00. The third-order valence-corrected chi connectivity index (χ3v) is 2.63. The van der Waals surface area contributed by atoms with Crippen molar-refractivity contribution >= 4 is 0 Å².